The number of fused-ring (bicyclic) bond motifs is 1. The Morgan fingerprint density at radius 2 is 2.20 bits per heavy atom. The summed E-state index contributed by atoms with van der Waals surface area (Å²) in [5.41, 5.74) is 1.31. The highest BCUT2D eigenvalue weighted by atomic mass is 19.3. The summed E-state index contributed by atoms with van der Waals surface area (Å²) in [6.45, 7) is 0.998. The number of nitrogens with zero attached hydrogens (tertiary/aromatic N) is 2. The number of hydrogen-bond acceptors (Lipinski definition) is 5. The van der Waals surface area contributed by atoms with Crippen molar-refractivity contribution < 1.29 is 23.2 Å². The Labute approximate surface area is 112 Å². The molecule has 2 aromatic heterocycles. The van der Waals surface area contributed by atoms with Crippen LogP contribution in [0.4, 0.5) is 8.78 Å². The Bertz CT molecular complexity index is 655. The van der Waals surface area contributed by atoms with E-state index >= 15 is 0 Å². The van der Waals surface area contributed by atoms with E-state index in [1.54, 1.807) is 13.8 Å². The van der Waals surface area contributed by atoms with Crippen molar-refractivity contribution in [1.82, 2.24) is 15.5 Å². The molecule has 0 saturated heterocycles. The summed E-state index contributed by atoms with van der Waals surface area (Å²) in [5.74, 6) is -4.06. The monoisotopic (exact) mass is 285 g/mol. The molecular weight excluding hydrogens is 272 g/mol. The second-order valence-corrected chi connectivity index (χ2v) is 4.46. The number of aromatic nitrogens is 2. The molecule has 0 aliphatic rings. The first-order chi connectivity index (χ1) is 9.34. The van der Waals surface area contributed by atoms with Crippen molar-refractivity contribution in [2.24, 2.45) is 0 Å². The lowest BCUT2D eigenvalue weighted by Crippen LogP contribution is -2.39. The van der Waals surface area contributed by atoms with Crippen molar-refractivity contribution >= 4 is 17.0 Å². The molecule has 0 radical (unpaired) electrons. The number of pyridine rings is 1. The molecule has 0 atom stereocenters. The van der Waals surface area contributed by atoms with Crippen LogP contribution >= 0.6 is 0 Å². The van der Waals surface area contributed by atoms with Gasteiger partial charge in [0.25, 0.3) is 17.5 Å². The van der Waals surface area contributed by atoms with Gasteiger partial charge < -0.3 is 14.9 Å². The summed E-state index contributed by atoms with van der Waals surface area (Å²) in [7, 11) is 0. The zero-order valence-corrected chi connectivity index (χ0v) is 10.9. The van der Waals surface area contributed by atoms with E-state index in [1.807, 2.05) is 0 Å². The number of aryl methyl sites for hydroxylation is 2. The molecule has 20 heavy (non-hydrogen) atoms. The van der Waals surface area contributed by atoms with Crippen molar-refractivity contribution in [3.63, 3.8) is 0 Å². The number of hydrogen-bond donors (Lipinski definition) is 2. The second-order valence-electron chi connectivity index (χ2n) is 4.46. The lowest BCUT2D eigenvalue weighted by Gasteiger charge is -2.14. The summed E-state index contributed by atoms with van der Waals surface area (Å²) >= 11 is 0. The Hall–Kier alpha value is -2.09. The number of carbonyl (C=O) groups is 1. The Balaban J connectivity index is 2.32. The summed E-state index contributed by atoms with van der Waals surface area (Å²) < 4.78 is 30.8. The van der Waals surface area contributed by atoms with E-state index in [0.29, 0.717) is 16.8 Å². The minimum absolute atomic E-state index is 0.167. The van der Waals surface area contributed by atoms with Crippen LogP contribution in [0.1, 0.15) is 21.7 Å². The van der Waals surface area contributed by atoms with Crippen LogP contribution in [-0.2, 0) is 0 Å². The predicted molar refractivity (Wildman–Crippen MR) is 65.6 cm³/mol. The van der Waals surface area contributed by atoms with E-state index in [1.165, 1.54) is 6.07 Å². The van der Waals surface area contributed by atoms with E-state index in [-0.39, 0.29) is 11.3 Å². The van der Waals surface area contributed by atoms with E-state index in [0.717, 1.165) is 0 Å². The maximum absolute atomic E-state index is 12.9. The average Bonchev–Trinajstić information content (AvgIpc) is 2.76. The van der Waals surface area contributed by atoms with Gasteiger partial charge in [0, 0.05) is 5.69 Å². The molecule has 2 aromatic rings. The van der Waals surface area contributed by atoms with Gasteiger partial charge in [-0.05, 0) is 19.9 Å². The van der Waals surface area contributed by atoms with E-state index in [2.05, 4.69) is 15.5 Å². The van der Waals surface area contributed by atoms with E-state index in [9.17, 15) is 13.6 Å². The lowest BCUT2D eigenvalue weighted by molar-refractivity contribution is -0.0461. The molecule has 0 saturated carbocycles. The number of amides is 1. The van der Waals surface area contributed by atoms with E-state index < -0.39 is 25.0 Å². The van der Waals surface area contributed by atoms with E-state index in [4.69, 9.17) is 9.63 Å². The standard InChI is InChI=1S/C12H13F2N3O3/c1-6-3-8(9-7(2)17-20-11(9)16-6)10(19)15-4-12(13,14)5-18/h3,18H,4-5H2,1-2H3,(H,15,19). The van der Waals surface area contributed by atoms with Crippen molar-refractivity contribution in [1.29, 1.82) is 0 Å². The molecule has 6 nitrogen and oxygen atoms in total. The molecule has 0 unspecified atom stereocenters. The minimum Gasteiger partial charge on any atom is -0.390 e. The number of carbonyl (C=O) groups excluding carboxylic acids is 1. The zero-order chi connectivity index (χ0) is 14.9. The first-order valence-corrected chi connectivity index (χ1v) is 5.84. The van der Waals surface area contributed by atoms with Crippen LogP contribution in [0, 0.1) is 13.8 Å². The fourth-order valence-electron chi connectivity index (χ4n) is 1.76. The first kappa shape index (κ1) is 14.3. The molecule has 2 N–H and O–H groups in total. The number of halogens is 2. The van der Waals surface area contributed by atoms with Gasteiger partial charge in [-0.1, -0.05) is 5.16 Å². The fraction of sp³-hybridized carbons (Fsp3) is 0.417. The Kier molecular flexibility index (Phi) is 3.67. The number of nitrogens with one attached hydrogen (secondary N) is 1. The van der Waals surface area contributed by atoms with Gasteiger partial charge in [0.1, 0.15) is 6.61 Å². The molecule has 0 fully saturated rings. The quantitative estimate of drug-likeness (QED) is 0.881. The van der Waals surface area contributed by atoms with Crippen LogP contribution in [0.3, 0.4) is 0 Å². The lowest BCUT2D eigenvalue weighted by atomic mass is 10.1. The summed E-state index contributed by atoms with van der Waals surface area (Å²) in [6.07, 6.45) is 0. The second kappa shape index (κ2) is 5.12. The van der Waals surface area contributed by atoms with Crippen molar-refractivity contribution in [2.75, 3.05) is 13.2 Å². The third kappa shape index (κ3) is 2.74. The third-order valence-electron chi connectivity index (χ3n) is 2.73. The molecule has 0 aliphatic heterocycles. The normalized spacial score (nSPS) is 11.8. The molecule has 0 spiro atoms. The molecule has 8 heteroatoms. The number of aliphatic hydroxyl groups is 1. The zero-order valence-electron chi connectivity index (χ0n) is 10.9. The highest BCUT2D eigenvalue weighted by Gasteiger charge is 2.29. The van der Waals surface area contributed by atoms with Crippen LogP contribution in [0.25, 0.3) is 11.1 Å². The molecule has 0 aromatic carbocycles. The maximum atomic E-state index is 12.9. The molecule has 0 aliphatic carbocycles. The van der Waals surface area contributed by atoms with Gasteiger partial charge in [0.05, 0.1) is 23.2 Å². The van der Waals surface area contributed by atoms with Gasteiger partial charge in [-0.25, -0.2) is 13.8 Å². The van der Waals surface area contributed by atoms with Gasteiger partial charge in [-0.3, -0.25) is 4.79 Å². The minimum atomic E-state index is -3.36. The summed E-state index contributed by atoms with van der Waals surface area (Å²) in [4.78, 5) is 16.1. The van der Waals surface area contributed by atoms with Crippen molar-refractivity contribution in [3.05, 3.63) is 23.0 Å². The van der Waals surface area contributed by atoms with Gasteiger partial charge in [0.2, 0.25) is 0 Å². The molecule has 1 amide bonds. The smallest absolute Gasteiger partial charge is 0.287 e. The molecule has 0 bridgehead atoms. The number of alkyl halides is 2. The largest absolute Gasteiger partial charge is 0.390 e. The highest BCUT2D eigenvalue weighted by Crippen LogP contribution is 2.22. The van der Waals surface area contributed by atoms with Crippen LogP contribution in [-0.4, -0.2) is 40.2 Å². The van der Waals surface area contributed by atoms with Crippen LogP contribution in [0.5, 0.6) is 0 Å². The number of aliphatic hydroxyl groups excluding tert-OH is 1. The van der Waals surface area contributed by atoms with Gasteiger partial charge >= 0.3 is 0 Å². The molecule has 2 heterocycles. The van der Waals surface area contributed by atoms with Gasteiger partial charge in [-0.2, -0.15) is 0 Å². The SMILES string of the molecule is Cc1cc(C(=O)NCC(F)(F)CO)c2c(C)noc2n1. The first-order valence-electron chi connectivity index (χ1n) is 5.84. The van der Waals surface area contributed by atoms with Gasteiger partial charge in [-0.15, -0.1) is 0 Å². The summed E-state index contributed by atoms with van der Waals surface area (Å²) in [6, 6.07) is 1.47. The van der Waals surface area contributed by atoms with Crippen molar-refractivity contribution in [3.8, 4) is 0 Å². The Morgan fingerprint density at radius 1 is 1.50 bits per heavy atom. The van der Waals surface area contributed by atoms with Crippen LogP contribution in [0.2, 0.25) is 0 Å². The average molecular weight is 285 g/mol. The summed E-state index contributed by atoms with van der Waals surface area (Å²) in [5, 5.41) is 14.6. The predicted octanol–water partition coefficient (Wildman–Crippen LogP) is 1.20. The Morgan fingerprint density at radius 3 is 2.85 bits per heavy atom. The van der Waals surface area contributed by atoms with Crippen molar-refractivity contribution in [2.45, 2.75) is 19.8 Å². The fourth-order valence-corrected chi connectivity index (χ4v) is 1.76. The molecular formula is C12H13F2N3O3. The topological polar surface area (TPSA) is 88.2 Å². The molecule has 2 rings (SSSR count). The third-order valence-corrected chi connectivity index (χ3v) is 2.73. The highest BCUT2D eigenvalue weighted by molar-refractivity contribution is 6.06. The number of rotatable bonds is 4. The molecule has 108 valence electrons. The maximum Gasteiger partial charge on any atom is 0.287 e. The van der Waals surface area contributed by atoms with Crippen LogP contribution in [0.15, 0.2) is 10.6 Å². The van der Waals surface area contributed by atoms with Gasteiger partial charge in [0.15, 0.2) is 0 Å². The van der Waals surface area contributed by atoms with Crippen LogP contribution < -0.4 is 5.32 Å².